The van der Waals surface area contributed by atoms with Crippen LogP contribution in [0.5, 0.6) is 0 Å². The van der Waals surface area contributed by atoms with Crippen LogP contribution in [0.2, 0.25) is 0 Å². The number of nitrogens with one attached hydrogen (secondary N) is 2. The fraction of sp³-hybridized carbons (Fsp3) is 0.478. The number of hydrogen-bond acceptors (Lipinski definition) is 4. The Hall–Kier alpha value is -1.87. The molecule has 30 heavy (non-hydrogen) atoms. The molecule has 2 heterocycles. The van der Waals surface area contributed by atoms with E-state index in [-0.39, 0.29) is 24.0 Å². The number of benzene rings is 1. The maximum Gasteiger partial charge on any atom is 0.191 e. The Morgan fingerprint density at radius 2 is 1.87 bits per heavy atom. The summed E-state index contributed by atoms with van der Waals surface area (Å²) in [6, 6.07) is 15.3. The van der Waals surface area contributed by atoms with E-state index in [4.69, 9.17) is 4.99 Å². The first-order valence-corrected chi connectivity index (χ1v) is 10.6. The zero-order valence-corrected chi connectivity index (χ0v) is 20.7. The summed E-state index contributed by atoms with van der Waals surface area (Å²) >= 11 is 0. The van der Waals surface area contributed by atoms with Gasteiger partial charge in [0.15, 0.2) is 5.96 Å². The molecule has 2 aromatic rings. The van der Waals surface area contributed by atoms with E-state index >= 15 is 0 Å². The van der Waals surface area contributed by atoms with Crippen LogP contribution >= 0.6 is 24.0 Å². The summed E-state index contributed by atoms with van der Waals surface area (Å²) in [5, 5.41) is 7.02. The Balaban J connectivity index is 0.00000320. The summed E-state index contributed by atoms with van der Waals surface area (Å²) in [5.74, 6) is 1.86. The number of nitrogens with zero attached hydrogens (tertiary/aromatic N) is 4. The minimum absolute atomic E-state index is 0. The zero-order valence-electron chi connectivity index (χ0n) is 18.3. The Labute approximate surface area is 198 Å². The molecule has 0 aliphatic carbocycles. The van der Waals surface area contributed by atoms with Gasteiger partial charge in [0.05, 0.1) is 6.54 Å². The van der Waals surface area contributed by atoms with Gasteiger partial charge in [0.2, 0.25) is 0 Å². The molecule has 1 aromatic heterocycles. The van der Waals surface area contributed by atoms with Crippen molar-refractivity contribution in [2.75, 3.05) is 38.6 Å². The lowest BCUT2D eigenvalue weighted by atomic mass is 10.0. The lowest BCUT2D eigenvalue weighted by Crippen LogP contribution is -2.48. The van der Waals surface area contributed by atoms with Crippen LogP contribution in [-0.4, -0.2) is 55.6 Å². The van der Waals surface area contributed by atoms with Crippen molar-refractivity contribution < 1.29 is 0 Å². The van der Waals surface area contributed by atoms with Gasteiger partial charge in [-0.1, -0.05) is 30.3 Å². The minimum atomic E-state index is 0. The first-order valence-electron chi connectivity index (χ1n) is 10.6. The van der Waals surface area contributed by atoms with Crippen molar-refractivity contribution in [3.63, 3.8) is 0 Å². The SMILES string of the molecule is CCNC(=NCc1ccnc(N(C)C)c1)NC1CCN(Cc2ccccc2)CC1.I. The first kappa shape index (κ1) is 24.4. The van der Waals surface area contributed by atoms with Crippen molar-refractivity contribution in [2.45, 2.75) is 38.9 Å². The van der Waals surface area contributed by atoms with Gasteiger partial charge in [-0.15, -0.1) is 24.0 Å². The second-order valence-electron chi connectivity index (χ2n) is 7.79. The summed E-state index contributed by atoms with van der Waals surface area (Å²) < 4.78 is 0. The van der Waals surface area contributed by atoms with Crippen LogP contribution in [0.1, 0.15) is 30.9 Å². The summed E-state index contributed by atoms with van der Waals surface area (Å²) in [4.78, 5) is 13.7. The van der Waals surface area contributed by atoms with Crippen LogP contribution in [0.3, 0.4) is 0 Å². The van der Waals surface area contributed by atoms with Gasteiger partial charge in [0, 0.05) is 52.5 Å². The number of aromatic nitrogens is 1. The van der Waals surface area contributed by atoms with Gasteiger partial charge in [0.25, 0.3) is 0 Å². The third kappa shape index (κ3) is 7.75. The number of guanidine groups is 1. The molecule has 0 unspecified atom stereocenters. The van der Waals surface area contributed by atoms with E-state index in [1.54, 1.807) is 0 Å². The zero-order chi connectivity index (χ0) is 20.5. The van der Waals surface area contributed by atoms with Crippen LogP contribution in [0.4, 0.5) is 5.82 Å². The van der Waals surface area contributed by atoms with Gasteiger partial charge in [-0.25, -0.2) is 9.98 Å². The molecule has 7 heteroatoms. The lowest BCUT2D eigenvalue weighted by molar-refractivity contribution is 0.198. The van der Waals surface area contributed by atoms with E-state index in [1.807, 2.05) is 31.3 Å². The Kier molecular flexibility index (Phi) is 10.4. The van der Waals surface area contributed by atoms with E-state index in [9.17, 15) is 0 Å². The number of piperidine rings is 1. The fourth-order valence-electron chi connectivity index (χ4n) is 3.56. The average molecular weight is 522 g/mol. The van der Waals surface area contributed by atoms with Gasteiger partial charge < -0.3 is 15.5 Å². The topological polar surface area (TPSA) is 55.8 Å². The van der Waals surface area contributed by atoms with Crippen molar-refractivity contribution in [3.8, 4) is 0 Å². The Bertz CT molecular complexity index is 772. The van der Waals surface area contributed by atoms with Crippen molar-refractivity contribution in [3.05, 3.63) is 59.8 Å². The maximum absolute atomic E-state index is 4.80. The molecule has 0 saturated carbocycles. The molecule has 1 aromatic carbocycles. The quantitative estimate of drug-likeness (QED) is 0.332. The summed E-state index contributed by atoms with van der Waals surface area (Å²) in [5.41, 5.74) is 2.56. The van der Waals surface area contributed by atoms with Crippen molar-refractivity contribution in [1.29, 1.82) is 0 Å². The highest BCUT2D eigenvalue weighted by Gasteiger charge is 2.20. The van der Waals surface area contributed by atoms with Gasteiger partial charge in [0.1, 0.15) is 5.82 Å². The second kappa shape index (κ2) is 12.7. The number of aliphatic imine (C=N–C) groups is 1. The maximum atomic E-state index is 4.80. The summed E-state index contributed by atoms with van der Waals surface area (Å²) in [6.45, 7) is 6.88. The predicted molar refractivity (Wildman–Crippen MR) is 137 cm³/mol. The number of anilines is 1. The first-order chi connectivity index (χ1) is 14.1. The molecule has 0 atom stereocenters. The third-order valence-corrected chi connectivity index (χ3v) is 5.21. The van der Waals surface area contributed by atoms with E-state index in [0.717, 1.165) is 50.8 Å². The molecule has 1 fully saturated rings. The molecule has 1 aliphatic rings. The normalized spacial score (nSPS) is 15.4. The molecule has 0 spiro atoms. The smallest absolute Gasteiger partial charge is 0.191 e. The van der Waals surface area contributed by atoms with Crippen LogP contribution < -0.4 is 15.5 Å². The van der Waals surface area contributed by atoms with Gasteiger partial charge in [-0.3, -0.25) is 4.90 Å². The Morgan fingerprint density at radius 3 is 2.53 bits per heavy atom. The Morgan fingerprint density at radius 1 is 1.13 bits per heavy atom. The highest BCUT2D eigenvalue weighted by molar-refractivity contribution is 14.0. The predicted octanol–water partition coefficient (Wildman–Crippen LogP) is 3.49. The fourth-order valence-corrected chi connectivity index (χ4v) is 3.56. The third-order valence-electron chi connectivity index (χ3n) is 5.21. The largest absolute Gasteiger partial charge is 0.363 e. The van der Waals surface area contributed by atoms with E-state index in [1.165, 1.54) is 11.1 Å². The lowest BCUT2D eigenvalue weighted by Gasteiger charge is -2.33. The van der Waals surface area contributed by atoms with Crippen LogP contribution in [0, 0.1) is 0 Å². The van der Waals surface area contributed by atoms with Crippen LogP contribution in [0.25, 0.3) is 0 Å². The average Bonchev–Trinajstić information content (AvgIpc) is 2.74. The number of rotatable bonds is 7. The molecule has 0 amide bonds. The molecule has 164 valence electrons. The molecule has 0 radical (unpaired) electrons. The second-order valence-corrected chi connectivity index (χ2v) is 7.79. The summed E-state index contributed by atoms with van der Waals surface area (Å²) in [6.07, 6.45) is 4.12. The highest BCUT2D eigenvalue weighted by atomic mass is 127. The molecular formula is C23H35IN6. The highest BCUT2D eigenvalue weighted by Crippen LogP contribution is 2.14. The van der Waals surface area contributed by atoms with E-state index < -0.39 is 0 Å². The van der Waals surface area contributed by atoms with Gasteiger partial charge in [-0.2, -0.15) is 0 Å². The molecule has 6 nitrogen and oxygen atoms in total. The molecule has 2 N–H and O–H groups in total. The molecule has 3 rings (SSSR count). The van der Waals surface area contributed by atoms with Gasteiger partial charge >= 0.3 is 0 Å². The number of likely N-dealkylation sites (tertiary alicyclic amines) is 1. The molecular weight excluding hydrogens is 487 g/mol. The standard InChI is InChI=1S/C23H34N6.HI/c1-4-24-23(26-17-20-10-13-25-22(16-20)28(2)3)27-21-11-14-29(15-12-21)18-19-8-6-5-7-9-19;/h5-10,13,16,21H,4,11-12,14-15,17-18H2,1-3H3,(H2,24,26,27);1H. The molecule has 1 aliphatic heterocycles. The van der Waals surface area contributed by atoms with Crippen molar-refractivity contribution in [2.24, 2.45) is 4.99 Å². The van der Waals surface area contributed by atoms with Crippen LogP contribution in [0.15, 0.2) is 53.7 Å². The number of pyridine rings is 1. The number of hydrogen-bond donors (Lipinski definition) is 2. The monoisotopic (exact) mass is 522 g/mol. The van der Waals surface area contributed by atoms with Crippen molar-refractivity contribution >= 4 is 35.8 Å². The van der Waals surface area contributed by atoms with E-state index in [0.29, 0.717) is 12.6 Å². The van der Waals surface area contributed by atoms with Gasteiger partial charge in [-0.05, 0) is 43.0 Å². The summed E-state index contributed by atoms with van der Waals surface area (Å²) in [7, 11) is 4.01. The van der Waals surface area contributed by atoms with Crippen LogP contribution in [-0.2, 0) is 13.1 Å². The van der Waals surface area contributed by atoms with E-state index in [2.05, 4.69) is 63.8 Å². The number of halogens is 1. The minimum Gasteiger partial charge on any atom is -0.363 e. The molecule has 1 saturated heterocycles. The van der Waals surface area contributed by atoms with Crippen molar-refractivity contribution in [1.82, 2.24) is 20.5 Å². The molecule has 0 bridgehead atoms.